The molecule has 1 N–H and O–H groups in total. The zero-order valence-electron chi connectivity index (χ0n) is 9.40. The van der Waals surface area contributed by atoms with Crippen LogP contribution in [-0.2, 0) is 4.79 Å². The van der Waals surface area contributed by atoms with E-state index in [0.29, 0.717) is 11.3 Å². The van der Waals surface area contributed by atoms with E-state index in [1.54, 1.807) is 0 Å². The van der Waals surface area contributed by atoms with Crippen LogP contribution in [0.2, 0.25) is 0 Å². The van der Waals surface area contributed by atoms with Crippen molar-refractivity contribution >= 4 is 11.5 Å². The Kier molecular flexibility index (Phi) is 4.49. The van der Waals surface area contributed by atoms with Crippen LogP contribution in [0.1, 0.15) is 5.56 Å². The topological polar surface area (TPSA) is 133 Å². The first-order valence-electron chi connectivity index (χ1n) is 4.82. The summed E-state index contributed by atoms with van der Waals surface area (Å²) < 4.78 is 0. The molecule has 1 aromatic carbocycles. The maximum atomic E-state index is 11.1. The lowest BCUT2D eigenvalue weighted by Crippen LogP contribution is -1.99. The van der Waals surface area contributed by atoms with Crippen LogP contribution >= 0.6 is 0 Å². The smallest absolute Gasteiger partial charge is 0.286 e. The van der Waals surface area contributed by atoms with Gasteiger partial charge in [0.15, 0.2) is 5.70 Å². The monoisotopic (exact) mass is 251 g/mol. The molecule has 1 aromatic rings. The van der Waals surface area contributed by atoms with E-state index in [0.717, 1.165) is 0 Å². The van der Waals surface area contributed by atoms with Gasteiger partial charge < -0.3 is 5.11 Å². The van der Waals surface area contributed by atoms with Gasteiger partial charge in [-0.05, 0) is 24.3 Å². The Balaban J connectivity index is 3.08. The van der Waals surface area contributed by atoms with Crippen molar-refractivity contribution in [2.75, 3.05) is 0 Å². The third-order valence-electron chi connectivity index (χ3n) is 1.91. The van der Waals surface area contributed by atoms with E-state index in [1.165, 1.54) is 36.4 Å². The Hall–Kier alpha value is -3.50. The highest BCUT2D eigenvalue weighted by atomic mass is 16.3. The zero-order valence-corrected chi connectivity index (χ0v) is 9.40. The minimum absolute atomic E-state index is 0.299. The molecule has 0 bridgehead atoms. The van der Waals surface area contributed by atoms with Crippen molar-refractivity contribution in [3.05, 3.63) is 41.3 Å². The summed E-state index contributed by atoms with van der Waals surface area (Å²) in [4.78, 5) is 11.1. The molecular weight excluding hydrogens is 246 g/mol. The predicted molar refractivity (Wildman–Crippen MR) is 61.6 cm³/mol. The number of nitriles is 3. The number of carbonyl (C=O) groups excluding carboxylic acids is 1. The summed E-state index contributed by atoms with van der Waals surface area (Å²) in [5.41, 5.74) is -0.00923. The summed E-state index contributed by atoms with van der Waals surface area (Å²) in [6.07, 6.45) is 0. The summed E-state index contributed by atoms with van der Waals surface area (Å²) in [6, 6.07) is 10.3. The van der Waals surface area contributed by atoms with Gasteiger partial charge in [-0.15, -0.1) is 5.11 Å². The molecule has 0 radical (unpaired) electrons. The number of Topliss-reactive ketones (excluding diaryl/α,β-unsaturated/α-hetero) is 1. The second-order valence-electron chi connectivity index (χ2n) is 3.11. The standard InChI is InChI=1S/C12H5N5O2/c13-5-8-1-3-9(4-2-8)16-17-12(10(18)6-14)11(19)7-15/h1-4,18H/b12-10-,17-16?. The maximum absolute atomic E-state index is 11.1. The van der Waals surface area contributed by atoms with Crippen LogP contribution in [0.15, 0.2) is 46.0 Å². The third-order valence-corrected chi connectivity index (χ3v) is 1.91. The van der Waals surface area contributed by atoms with Crippen molar-refractivity contribution < 1.29 is 9.90 Å². The molecule has 0 heterocycles. The van der Waals surface area contributed by atoms with Gasteiger partial charge in [0.2, 0.25) is 5.76 Å². The van der Waals surface area contributed by atoms with Crippen LogP contribution in [0.3, 0.4) is 0 Å². The second-order valence-corrected chi connectivity index (χ2v) is 3.11. The summed E-state index contributed by atoms with van der Waals surface area (Å²) in [5.74, 6) is -2.15. The SMILES string of the molecule is N#CC(=O)/C(N=Nc1ccc(C#N)cc1)=C(/O)C#N. The fourth-order valence-electron chi connectivity index (χ4n) is 1.02. The average Bonchev–Trinajstić information content (AvgIpc) is 2.47. The number of hydrogen-bond acceptors (Lipinski definition) is 7. The van der Waals surface area contributed by atoms with Crippen molar-refractivity contribution in [3.8, 4) is 18.2 Å². The Morgan fingerprint density at radius 3 is 2.21 bits per heavy atom. The third kappa shape index (κ3) is 3.48. The van der Waals surface area contributed by atoms with Gasteiger partial charge in [-0.2, -0.15) is 20.9 Å². The van der Waals surface area contributed by atoms with Gasteiger partial charge in [0, 0.05) is 0 Å². The van der Waals surface area contributed by atoms with E-state index >= 15 is 0 Å². The number of rotatable bonds is 3. The predicted octanol–water partition coefficient (Wildman–Crippen LogP) is 2.03. The van der Waals surface area contributed by atoms with Gasteiger partial charge in [-0.1, -0.05) is 0 Å². The molecule has 0 fully saturated rings. The van der Waals surface area contributed by atoms with E-state index in [1.807, 2.05) is 6.07 Å². The van der Waals surface area contributed by atoms with E-state index in [4.69, 9.17) is 20.9 Å². The number of aliphatic hydroxyl groups is 1. The summed E-state index contributed by atoms with van der Waals surface area (Å²) in [6.45, 7) is 0. The number of benzene rings is 1. The number of ketones is 1. The quantitative estimate of drug-likeness (QED) is 0.219. The van der Waals surface area contributed by atoms with Gasteiger partial charge in [0.1, 0.15) is 12.1 Å². The summed E-state index contributed by atoms with van der Waals surface area (Å²) in [7, 11) is 0. The van der Waals surface area contributed by atoms with Crippen LogP contribution in [-0.4, -0.2) is 10.9 Å². The Morgan fingerprint density at radius 2 is 1.74 bits per heavy atom. The van der Waals surface area contributed by atoms with Crippen molar-refractivity contribution in [2.24, 2.45) is 10.2 Å². The maximum Gasteiger partial charge on any atom is 0.286 e. The van der Waals surface area contributed by atoms with Crippen LogP contribution in [0.5, 0.6) is 0 Å². The van der Waals surface area contributed by atoms with Crippen molar-refractivity contribution in [1.29, 1.82) is 15.8 Å². The first-order valence-corrected chi connectivity index (χ1v) is 4.82. The number of nitrogens with zero attached hydrogens (tertiary/aromatic N) is 5. The highest BCUT2D eigenvalue weighted by Crippen LogP contribution is 2.15. The van der Waals surface area contributed by atoms with Gasteiger partial charge in [0.05, 0.1) is 17.3 Å². The molecule has 0 unspecified atom stereocenters. The number of carbonyl (C=O) groups is 1. The van der Waals surface area contributed by atoms with Crippen LogP contribution < -0.4 is 0 Å². The molecule has 0 saturated carbocycles. The molecule has 19 heavy (non-hydrogen) atoms. The molecule has 0 aliphatic rings. The highest BCUT2D eigenvalue weighted by Gasteiger charge is 2.14. The molecule has 0 saturated heterocycles. The molecule has 7 nitrogen and oxygen atoms in total. The van der Waals surface area contributed by atoms with Crippen LogP contribution in [0.25, 0.3) is 0 Å². The van der Waals surface area contributed by atoms with Crippen molar-refractivity contribution in [2.45, 2.75) is 0 Å². The number of allylic oxidation sites excluding steroid dienone is 2. The first-order chi connectivity index (χ1) is 9.12. The number of aliphatic hydroxyl groups excluding tert-OH is 1. The lowest BCUT2D eigenvalue weighted by atomic mass is 10.2. The molecule has 0 aliphatic heterocycles. The van der Waals surface area contributed by atoms with Crippen LogP contribution in [0, 0.1) is 34.0 Å². The van der Waals surface area contributed by atoms with E-state index in [2.05, 4.69) is 10.2 Å². The zero-order chi connectivity index (χ0) is 14.3. The molecule has 1 rings (SSSR count). The molecule has 7 heteroatoms. The molecule has 0 atom stereocenters. The molecular formula is C12H5N5O2. The van der Waals surface area contributed by atoms with E-state index in [9.17, 15) is 4.79 Å². The fourth-order valence-corrected chi connectivity index (χ4v) is 1.02. The highest BCUT2D eigenvalue weighted by molar-refractivity contribution is 6.07. The number of azo groups is 1. The van der Waals surface area contributed by atoms with Gasteiger partial charge in [-0.3, -0.25) is 4.79 Å². The second kappa shape index (κ2) is 6.29. The molecule has 0 aromatic heterocycles. The first kappa shape index (κ1) is 13.6. The van der Waals surface area contributed by atoms with Gasteiger partial charge in [0.25, 0.3) is 5.78 Å². The Bertz CT molecular complexity index is 681. The number of hydrogen-bond donors (Lipinski definition) is 1. The Labute approximate surface area is 108 Å². The van der Waals surface area contributed by atoms with Crippen molar-refractivity contribution in [3.63, 3.8) is 0 Å². The Morgan fingerprint density at radius 1 is 1.11 bits per heavy atom. The molecule has 0 aliphatic carbocycles. The molecule has 0 amide bonds. The van der Waals surface area contributed by atoms with E-state index in [-0.39, 0.29) is 0 Å². The molecule has 0 spiro atoms. The average molecular weight is 251 g/mol. The molecule has 90 valence electrons. The largest absolute Gasteiger partial charge is 0.498 e. The summed E-state index contributed by atoms with van der Waals surface area (Å²) in [5, 5.41) is 41.6. The van der Waals surface area contributed by atoms with E-state index < -0.39 is 17.2 Å². The van der Waals surface area contributed by atoms with Crippen molar-refractivity contribution in [1.82, 2.24) is 0 Å². The summed E-state index contributed by atoms with van der Waals surface area (Å²) >= 11 is 0. The minimum Gasteiger partial charge on any atom is -0.498 e. The van der Waals surface area contributed by atoms with Gasteiger partial charge in [-0.25, -0.2) is 0 Å². The normalized spacial score (nSPS) is 11.0. The lowest BCUT2D eigenvalue weighted by Gasteiger charge is -1.94. The minimum atomic E-state index is -1.17. The van der Waals surface area contributed by atoms with Gasteiger partial charge >= 0.3 is 0 Å². The van der Waals surface area contributed by atoms with Crippen LogP contribution in [0.4, 0.5) is 5.69 Å². The fraction of sp³-hybridized carbons (Fsp3) is 0. The lowest BCUT2D eigenvalue weighted by molar-refractivity contribution is -0.110.